The number of Topliss-reactive ketones (excluding diaryl/α,β-unsaturated/α-hetero) is 2. The first-order valence-corrected chi connectivity index (χ1v) is 32.3. The molecule has 8 N–H and O–H groups in total. The zero-order valence-electron chi connectivity index (χ0n) is 49.5. The van der Waals surface area contributed by atoms with E-state index < -0.39 is 44.9 Å². The number of β-amino-alcohol motifs (C(OH)–C–C–N with tert-alkyl or cyclic N) is 1. The van der Waals surface area contributed by atoms with Crippen LogP contribution in [-0.2, 0) is 20.9 Å². The summed E-state index contributed by atoms with van der Waals surface area (Å²) in [5.74, 6) is 2.14. The topological polar surface area (TPSA) is 178 Å². The van der Waals surface area contributed by atoms with E-state index >= 15 is 9.59 Å². The van der Waals surface area contributed by atoms with Gasteiger partial charge in [-0.05, 0) is 214 Å². The minimum absolute atomic E-state index is 0.0470. The van der Waals surface area contributed by atoms with E-state index in [-0.39, 0.29) is 77.5 Å². The molecule has 10 heteroatoms. The van der Waals surface area contributed by atoms with Crippen LogP contribution in [0.25, 0.3) is 0 Å². The molecular formula is C69H101N3O7. The van der Waals surface area contributed by atoms with Crippen molar-refractivity contribution >= 4 is 17.3 Å². The van der Waals surface area contributed by atoms with Crippen LogP contribution in [0.4, 0.5) is 5.69 Å². The third-order valence-corrected chi connectivity index (χ3v) is 25.8. The number of rotatable bonds is 12. The maximum absolute atomic E-state index is 16.3. The highest BCUT2D eigenvalue weighted by molar-refractivity contribution is 6.01. The number of anilines is 1. The van der Waals surface area contributed by atoms with Gasteiger partial charge in [0.1, 0.15) is 17.6 Å². The van der Waals surface area contributed by atoms with Gasteiger partial charge in [0.15, 0.2) is 5.78 Å². The van der Waals surface area contributed by atoms with Crippen LogP contribution in [0.5, 0.6) is 5.75 Å². The fourth-order valence-electron chi connectivity index (χ4n) is 22.9. The number of aliphatic hydroxyl groups excluding tert-OH is 2. The van der Waals surface area contributed by atoms with Gasteiger partial charge in [-0.25, -0.2) is 0 Å². The summed E-state index contributed by atoms with van der Waals surface area (Å²) in [6.45, 7) is 14.9. The summed E-state index contributed by atoms with van der Waals surface area (Å²) in [5, 5.41) is 57.2. The summed E-state index contributed by atoms with van der Waals surface area (Å²) in [4.78, 5) is 32.3. The molecule has 2 aliphatic heterocycles. The zero-order valence-corrected chi connectivity index (χ0v) is 49.5. The molecule has 79 heavy (non-hydrogen) atoms. The van der Waals surface area contributed by atoms with Crippen molar-refractivity contribution in [3.05, 3.63) is 70.3 Å². The van der Waals surface area contributed by atoms with Crippen LogP contribution < -0.4 is 16.4 Å². The van der Waals surface area contributed by atoms with Crippen LogP contribution in [-0.4, -0.2) is 81.6 Å². The van der Waals surface area contributed by atoms with E-state index in [9.17, 15) is 20.4 Å². The van der Waals surface area contributed by atoms with E-state index in [0.717, 1.165) is 132 Å². The molecule has 2 heterocycles. The Bertz CT molecular complexity index is 2670. The molecule has 1 spiro atoms. The van der Waals surface area contributed by atoms with Crippen LogP contribution in [0.15, 0.2) is 53.6 Å². The van der Waals surface area contributed by atoms with Crippen molar-refractivity contribution in [2.45, 2.75) is 231 Å². The van der Waals surface area contributed by atoms with Crippen LogP contribution >= 0.6 is 0 Å². The predicted molar refractivity (Wildman–Crippen MR) is 312 cm³/mol. The molecule has 21 atom stereocenters. The number of aliphatic hydroxyl groups is 3. The first-order chi connectivity index (χ1) is 37.8. The second-order valence-corrected chi connectivity index (χ2v) is 29.9. The maximum Gasteiger partial charge on any atom is 0.160 e. The van der Waals surface area contributed by atoms with Crippen LogP contribution in [0, 0.1) is 80.8 Å². The number of epoxide rings is 1. The average Bonchev–Trinajstić information content (AvgIpc) is 2.33. The molecule has 21 unspecified atom stereocenters. The summed E-state index contributed by atoms with van der Waals surface area (Å²) in [7, 11) is 1.92. The Morgan fingerprint density at radius 3 is 2.44 bits per heavy atom. The third-order valence-electron chi connectivity index (χ3n) is 25.8. The number of ketones is 2. The zero-order chi connectivity index (χ0) is 55.6. The molecule has 2 saturated heterocycles. The van der Waals surface area contributed by atoms with Crippen molar-refractivity contribution in [1.82, 2.24) is 10.6 Å². The minimum atomic E-state index is -0.933. The summed E-state index contributed by atoms with van der Waals surface area (Å²) in [6, 6.07) is 14.1. The number of unbranched alkanes of at least 4 members (excludes halogenated alkanes) is 2. The Morgan fingerprint density at radius 1 is 0.886 bits per heavy atom. The highest BCUT2D eigenvalue weighted by atomic mass is 16.6. The monoisotopic (exact) mass is 1080 g/mol. The first kappa shape index (κ1) is 56.4. The molecule has 10 nitrogen and oxygen atoms in total. The number of benzene rings is 2. The first-order valence-electron chi connectivity index (χ1n) is 32.3. The number of nitrogens with two attached hydrogens (primary N) is 1. The molecule has 8 fully saturated rings. The lowest BCUT2D eigenvalue weighted by atomic mass is 9.30. The number of hydrogen-bond acceptors (Lipinski definition) is 10. The van der Waals surface area contributed by atoms with Gasteiger partial charge in [-0.3, -0.25) is 9.59 Å². The molecule has 6 saturated carbocycles. The fraction of sp³-hybridized carbons (Fsp3) is 0.768. The average molecular weight is 1080 g/mol. The number of nitrogen functional groups attached to an aromatic ring is 1. The maximum atomic E-state index is 16.3. The van der Waals surface area contributed by atoms with Gasteiger partial charge in [0, 0.05) is 54.6 Å². The lowest BCUT2D eigenvalue weighted by molar-refractivity contribution is -0.233. The van der Waals surface area contributed by atoms with E-state index in [0.29, 0.717) is 56.0 Å². The van der Waals surface area contributed by atoms with Crippen molar-refractivity contribution in [2.75, 3.05) is 25.9 Å². The van der Waals surface area contributed by atoms with Crippen LogP contribution in [0.2, 0.25) is 0 Å². The lowest BCUT2D eigenvalue weighted by Crippen LogP contribution is -2.73. The second kappa shape index (κ2) is 20.9. The van der Waals surface area contributed by atoms with Crippen LogP contribution in [0.3, 0.4) is 0 Å². The van der Waals surface area contributed by atoms with Gasteiger partial charge in [-0.2, -0.15) is 0 Å². The molecule has 0 aromatic heterocycles. The van der Waals surface area contributed by atoms with E-state index in [1.54, 1.807) is 0 Å². The van der Waals surface area contributed by atoms with Crippen molar-refractivity contribution in [3.8, 4) is 5.75 Å². The number of phenolic OH excluding ortho intramolecular Hbond substituents is 1. The highest BCUT2D eigenvalue weighted by Gasteiger charge is 2.76. The molecule has 2 aromatic carbocycles. The number of phenols is 1. The summed E-state index contributed by atoms with van der Waals surface area (Å²) in [5.41, 5.74) is 9.11. The lowest BCUT2D eigenvalue weighted by Gasteiger charge is -2.74. The number of nitrogens with one attached hydrogen (secondary N) is 2. The van der Waals surface area contributed by atoms with Crippen molar-refractivity contribution in [3.63, 3.8) is 0 Å². The number of allylic oxidation sites excluding steroid dienone is 2. The van der Waals surface area contributed by atoms with Gasteiger partial charge >= 0.3 is 0 Å². The van der Waals surface area contributed by atoms with Crippen molar-refractivity contribution in [1.29, 1.82) is 0 Å². The van der Waals surface area contributed by atoms with Gasteiger partial charge < -0.3 is 41.5 Å². The number of carbonyl (C=O) groups excluding carboxylic acids is 2. The fourth-order valence-corrected chi connectivity index (χ4v) is 22.9. The third kappa shape index (κ3) is 8.94. The van der Waals surface area contributed by atoms with E-state index in [4.69, 9.17) is 10.5 Å². The highest BCUT2D eigenvalue weighted by Crippen LogP contribution is 2.79. The molecule has 2 aromatic rings. The quantitative estimate of drug-likeness (QED) is 0.0615. The molecule has 4 bridgehead atoms. The Labute approximate surface area is 474 Å². The van der Waals surface area contributed by atoms with E-state index in [1.807, 2.05) is 32.2 Å². The molecule has 12 rings (SSSR count). The molecule has 0 radical (unpaired) electrons. The second-order valence-electron chi connectivity index (χ2n) is 29.9. The van der Waals surface area contributed by atoms with Gasteiger partial charge in [0.2, 0.25) is 0 Å². The Hall–Kier alpha value is -3.12. The number of hydrogen-bond donors (Lipinski definition) is 7. The van der Waals surface area contributed by atoms with Gasteiger partial charge in [0.25, 0.3) is 0 Å². The van der Waals surface area contributed by atoms with E-state index in [1.165, 1.54) is 24.0 Å². The van der Waals surface area contributed by atoms with Crippen LogP contribution in [0.1, 0.15) is 211 Å². The molecule has 10 aliphatic rings. The number of fused-ring (bicyclic) bond motifs is 2. The van der Waals surface area contributed by atoms with Gasteiger partial charge in [-0.15, -0.1) is 0 Å². The van der Waals surface area contributed by atoms with Gasteiger partial charge in [-0.1, -0.05) is 116 Å². The minimum Gasteiger partial charge on any atom is -0.508 e. The summed E-state index contributed by atoms with van der Waals surface area (Å²) in [6.07, 6.45) is 19.7. The van der Waals surface area contributed by atoms with Crippen molar-refractivity contribution < 1.29 is 34.8 Å². The smallest absolute Gasteiger partial charge is 0.160 e. The summed E-state index contributed by atoms with van der Waals surface area (Å²) < 4.78 is 6.99. The molecule has 0 amide bonds. The number of ether oxygens (including phenoxy) is 1. The van der Waals surface area contributed by atoms with E-state index in [2.05, 4.69) is 69.5 Å². The SMILES string of the molecule is CCCCCC1CC2CCCC3CCC(C(O)C4OC4(C)C4CCCC4c4cccc(N)c4)C(C4=C5CCC6C7(C)CC(c8cc(O)cc(CNC)c8)C(=O)C8(C)CCCCC(C)(O)CNC(CC6(C1CO)C5(C)CC4=O)C87)C32. The largest absolute Gasteiger partial charge is 0.508 e. The number of aromatic hydroxyl groups is 1. The standard InChI is InChI=1S/C69H101N3O7/c1-8-9-10-16-43-31-44-19-13-17-41-23-24-49(60(76)63-68(6,79-63)51-22-15-21-48(51)42-18-14-20-46(70)32-42)58(57(41)44)59-52-25-26-56-66(4)34-50(45-29-40(37-71-7)30-47(74)33-45)62(77)65(3)28-12-11-27-64(2,78)39-72-54(61(65)66)35-69(56,53(43)38-73)67(52,5)36-55(59)75/h14,18,20,29-30,32-33,41,43-44,48-51,53-54,56-58,60-61,63,71-74,76,78H,8-13,15-17,19,21-28,31,34-39,70H2,1-7H3. The van der Waals surface area contributed by atoms with Crippen molar-refractivity contribution in [2.24, 2.45) is 80.8 Å². The normalized spacial score (nSPS) is 46.0. The Balaban J connectivity index is 1.03. The van der Waals surface area contributed by atoms with Gasteiger partial charge in [0.05, 0.1) is 17.3 Å². The predicted octanol–water partition coefficient (Wildman–Crippen LogP) is 12.1. The summed E-state index contributed by atoms with van der Waals surface area (Å²) >= 11 is 0. The molecule has 8 aliphatic carbocycles. The Kier molecular flexibility index (Phi) is 14.9. The molecular weight excluding hydrogens is 983 g/mol. The number of carbonyl (C=O) groups is 2. The molecule has 434 valence electrons. The Morgan fingerprint density at radius 2 is 1.67 bits per heavy atom.